The van der Waals surface area contributed by atoms with E-state index in [9.17, 15) is 4.39 Å². The van der Waals surface area contributed by atoms with Gasteiger partial charge < -0.3 is 0 Å². The van der Waals surface area contributed by atoms with Crippen LogP contribution in [-0.4, -0.2) is 0 Å². The van der Waals surface area contributed by atoms with Gasteiger partial charge in [-0.2, -0.15) is 0 Å². The molecule has 0 radical (unpaired) electrons. The molecule has 0 nitrogen and oxygen atoms in total. The van der Waals surface area contributed by atoms with Crippen molar-refractivity contribution in [1.82, 2.24) is 0 Å². The summed E-state index contributed by atoms with van der Waals surface area (Å²) in [6.07, 6.45) is 3.58. The maximum atomic E-state index is 12.9. The Hall–Kier alpha value is -1.63. The third kappa shape index (κ3) is 1.53. The maximum absolute atomic E-state index is 12.9. The molecule has 0 saturated heterocycles. The first kappa shape index (κ1) is 9.59. The van der Waals surface area contributed by atoms with E-state index in [1.165, 1.54) is 41.7 Å². The highest BCUT2D eigenvalue weighted by Gasteiger charge is 2.14. The van der Waals surface area contributed by atoms with Crippen molar-refractivity contribution in [3.05, 3.63) is 59.4 Å². The van der Waals surface area contributed by atoms with Gasteiger partial charge in [-0.25, -0.2) is 4.39 Å². The molecular formula is C15H13F. The summed E-state index contributed by atoms with van der Waals surface area (Å²) in [6.45, 7) is 0. The molecule has 0 heterocycles. The highest BCUT2D eigenvalue weighted by molar-refractivity contribution is 5.69. The molecule has 0 aliphatic heterocycles. The molecule has 0 saturated carbocycles. The van der Waals surface area contributed by atoms with Crippen molar-refractivity contribution < 1.29 is 4.39 Å². The van der Waals surface area contributed by atoms with Crippen molar-refractivity contribution in [3.8, 4) is 11.1 Å². The van der Waals surface area contributed by atoms with Crippen LogP contribution >= 0.6 is 0 Å². The molecule has 80 valence electrons. The summed E-state index contributed by atoms with van der Waals surface area (Å²) < 4.78 is 12.9. The highest BCUT2D eigenvalue weighted by atomic mass is 19.1. The van der Waals surface area contributed by atoms with Crippen LogP contribution in [0.3, 0.4) is 0 Å². The zero-order chi connectivity index (χ0) is 11.0. The Balaban J connectivity index is 2.13. The normalized spacial score (nSPS) is 13.8. The number of benzene rings is 2. The second-order valence-electron chi connectivity index (χ2n) is 4.30. The molecule has 1 heteroatoms. The number of aryl methyl sites for hydroxylation is 1. The molecule has 0 N–H and O–H groups in total. The molecule has 1 aliphatic rings. The second-order valence-corrected chi connectivity index (χ2v) is 4.30. The van der Waals surface area contributed by atoms with Gasteiger partial charge in [0.2, 0.25) is 0 Å². The predicted molar refractivity (Wildman–Crippen MR) is 63.9 cm³/mol. The zero-order valence-electron chi connectivity index (χ0n) is 9.04. The van der Waals surface area contributed by atoms with E-state index in [0.717, 1.165) is 12.0 Å². The average Bonchev–Trinajstić information content (AvgIpc) is 2.78. The minimum absolute atomic E-state index is 0.170. The fourth-order valence-corrected chi connectivity index (χ4v) is 2.52. The third-order valence-corrected chi connectivity index (χ3v) is 3.30. The molecule has 0 aromatic heterocycles. The molecule has 1 aliphatic carbocycles. The van der Waals surface area contributed by atoms with Crippen LogP contribution < -0.4 is 0 Å². The van der Waals surface area contributed by atoms with Crippen molar-refractivity contribution in [2.24, 2.45) is 0 Å². The highest BCUT2D eigenvalue weighted by Crippen LogP contribution is 2.32. The standard InChI is InChI=1S/C15H13F/c16-13-9-7-12(8-10-13)15-6-2-4-11-3-1-5-14(11)15/h2,4,6-10H,1,3,5H2. The van der Waals surface area contributed by atoms with Crippen molar-refractivity contribution in [2.45, 2.75) is 19.3 Å². The lowest BCUT2D eigenvalue weighted by molar-refractivity contribution is 0.628. The van der Waals surface area contributed by atoms with E-state index in [2.05, 4.69) is 18.2 Å². The Morgan fingerprint density at radius 2 is 1.69 bits per heavy atom. The summed E-state index contributed by atoms with van der Waals surface area (Å²) in [5.74, 6) is -0.170. The van der Waals surface area contributed by atoms with Gasteiger partial charge >= 0.3 is 0 Å². The van der Waals surface area contributed by atoms with Crippen LogP contribution in [-0.2, 0) is 12.8 Å². The quantitative estimate of drug-likeness (QED) is 0.670. The van der Waals surface area contributed by atoms with Gasteiger partial charge in [0.05, 0.1) is 0 Å². The predicted octanol–water partition coefficient (Wildman–Crippen LogP) is 3.98. The van der Waals surface area contributed by atoms with E-state index in [0.29, 0.717) is 0 Å². The lowest BCUT2D eigenvalue weighted by Crippen LogP contribution is -1.88. The zero-order valence-corrected chi connectivity index (χ0v) is 9.04. The fourth-order valence-electron chi connectivity index (χ4n) is 2.52. The lowest BCUT2D eigenvalue weighted by atomic mass is 9.97. The summed E-state index contributed by atoms with van der Waals surface area (Å²) in [5, 5.41) is 0. The first-order chi connectivity index (χ1) is 7.84. The molecule has 0 spiro atoms. The second kappa shape index (κ2) is 3.75. The maximum Gasteiger partial charge on any atom is 0.123 e. The van der Waals surface area contributed by atoms with E-state index in [1.807, 2.05) is 12.1 Å². The first-order valence-corrected chi connectivity index (χ1v) is 5.71. The van der Waals surface area contributed by atoms with Crippen LogP contribution in [0, 0.1) is 5.82 Å². The van der Waals surface area contributed by atoms with Crippen molar-refractivity contribution in [1.29, 1.82) is 0 Å². The number of hydrogen-bond donors (Lipinski definition) is 0. The molecular weight excluding hydrogens is 199 g/mol. The monoisotopic (exact) mass is 212 g/mol. The van der Waals surface area contributed by atoms with Crippen LogP contribution in [0.1, 0.15) is 17.5 Å². The molecule has 0 amide bonds. The van der Waals surface area contributed by atoms with Gasteiger partial charge in [-0.1, -0.05) is 30.3 Å². The third-order valence-electron chi connectivity index (χ3n) is 3.30. The Morgan fingerprint density at radius 1 is 0.875 bits per heavy atom. The van der Waals surface area contributed by atoms with Crippen molar-refractivity contribution in [2.75, 3.05) is 0 Å². The molecule has 3 rings (SSSR count). The molecule has 0 bridgehead atoms. The topological polar surface area (TPSA) is 0 Å². The van der Waals surface area contributed by atoms with Crippen LogP contribution in [0.4, 0.5) is 4.39 Å². The first-order valence-electron chi connectivity index (χ1n) is 5.71. The Bertz CT molecular complexity index is 511. The van der Waals surface area contributed by atoms with Crippen LogP contribution in [0.5, 0.6) is 0 Å². The lowest BCUT2D eigenvalue weighted by Gasteiger charge is -2.08. The van der Waals surface area contributed by atoms with Gasteiger partial charge in [0.1, 0.15) is 5.82 Å². The van der Waals surface area contributed by atoms with Gasteiger partial charge in [0.15, 0.2) is 0 Å². The SMILES string of the molecule is Fc1ccc(-c2cccc3c2CCC3)cc1. The van der Waals surface area contributed by atoms with E-state index in [-0.39, 0.29) is 5.82 Å². The molecule has 16 heavy (non-hydrogen) atoms. The molecule has 2 aromatic carbocycles. The number of hydrogen-bond acceptors (Lipinski definition) is 0. The van der Waals surface area contributed by atoms with Crippen LogP contribution in [0.15, 0.2) is 42.5 Å². The molecule has 0 atom stereocenters. The van der Waals surface area contributed by atoms with Gasteiger partial charge in [-0.3, -0.25) is 0 Å². The summed E-state index contributed by atoms with van der Waals surface area (Å²) in [7, 11) is 0. The number of fused-ring (bicyclic) bond motifs is 1. The fraction of sp³-hybridized carbons (Fsp3) is 0.200. The molecule has 0 unspecified atom stereocenters. The van der Waals surface area contributed by atoms with Crippen LogP contribution in [0.2, 0.25) is 0 Å². The van der Waals surface area contributed by atoms with Crippen LogP contribution in [0.25, 0.3) is 11.1 Å². The number of halogens is 1. The summed E-state index contributed by atoms with van der Waals surface area (Å²) in [4.78, 5) is 0. The van der Waals surface area contributed by atoms with Crippen molar-refractivity contribution in [3.63, 3.8) is 0 Å². The largest absolute Gasteiger partial charge is 0.207 e. The smallest absolute Gasteiger partial charge is 0.123 e. The Kier molecular flexibility index (Phi) is 2.24. The van der Waals surface area contributed by atoms with Gasteiger partial charge in [0.25, 0.3) is 0 Å². The average molecular weight is 212 g/mol. The van der Waals surface area contributed by atoms with E-state index < -0.39 is 0 Å². The molecule has 2 aromatic rings. The molecule has 0 fully saturated rings. The minimum Gasteiger partial charge on any atom is -0.207 e. The Labute approximate surface area is 94.7 Å². The summed E-state index contributed by atoms with van der Waals surface area (Å²) in [6, 6.07) is 13.2. The van der Waals surface area contributed by atoms with E-state index >= 15 is 0 Å². The van der Waals surface area contributed by atoms with E-state index in [4.69, 9.17) is 0 Å². The minimum atomic E-state index is -0.170. The summed E-state index contributed by atoms with van der Waals surface area (Å²) >= 11 is 0. The van der Waals surface area contributed by atoms with Gasteiger partial charge in [0, 0.05) is 0 Å². The number of rotatable bonds is 1. The van der Waals surface area contributed by atoms with Crippen molar-refractivity contribution >= 4 is 0 Å². The Morgan fingerprint density at radius 3 is 2.50 bits per heavy atom. The van der Waals surface area contributed by atoms with Gasteiger partial charge in [-0.05, 0) is 53.6 Å². The van der Waals surface area contributed by atoms with Gasteiger partial charge in [-0.15, -0.1) is 0 Å². The summed E-state index contributed by atoms with van der Waals surface area (Å²) in [5.41, 5.74) is 5.31. The van der Waals surface area contributed by atoms with E-state index in [1.54, 1.807) is 0 Å².